The maximum Gasteiger partial charge on any atom is 0.408 e. The fourth-order valence-corrected chi connectivity index (χ4v) is 2.28. The summed E-state index contributed by atoms with van der Waals surface area (Å²) in [6.07, 6.45) is 3.88. The molecule has 0 unspecified atom stereocenters. The largest absolute Gasteiger partial charge is 0.493 e. The van der Waals surface area contributed by atoms with E-state index in [1.807, 2.05) is 24.3 Å². The van der Waals surface area contributed by atoms with Crippen molar-refractivity contribution in [2.24, 2.45) is 0 Å². The number of alkyl carbamates (subject to hydrolysis) is 1. The molecule has 1 aliphatic carbocycles. The van der Waals surface area contributed by atoms with Gasteiger partial charge in [-0.2, -0.15) is 0 Å². The Kier molecular flexibility index (Phi) is 6.43. The number of carbonyl (C=O) groups is 1. The molecule has 1 amide bonds. The number of carbonyl (C=O) groups excluding carboxylic acids is 1. The van der Waals surface area contributed by atoms with Gasteiger partial charge in [0.15, 0.2) is 11.5 Å². The highest BCUT2D eigenvalue weighted by atomic mass is 16.6. The summed E-state index contributed by atoms with van der Waals surface area (Å²) in [5.41, 5.74) is 0. The minimum Gasteiger partial charge on any atom is -0.493 e. The Morgan fingerprint density at radius 2 is 1.95 bits per heavy atom. The summed E-state index contributed by atoms with van der Waals surface area (Å²) in [6, 6.07) is 7.38. The Morgan fingerprint density at radius 1 is 1.23 bits per heavy atom. The fourth-order valence-electron chi connectivity index (χ4n) is 2.28. The highest BCUT2D eigenvalue weighted by Crippen LogP contribution is 2.25. The molecular formula is C17H21NO4. The van der Waals surface area contributed by atoms with Crippen LogP contribution in [0.25, 0.3) is 0 Å². The van der Waals surface area contributed by atoms with Crippen LogP contribution in [0.2, 0.25) is 0 Å². The summed E-state index contributed by atoms with van der Waals surface area (Å²) in [7, 11) is 1.59. The average molecular weight is 303 g/mol. The third-order valence-electron chi connectivity index (χ3n) is 3.39. The molecule has 1 fully saturated rings. The van der Waals surface area contributed by atoms with E-state index in [9.17, 15) is 4.79 Å². The van der Waals surface area contributed by atoms with Crippen LogP contribution in [0.1, 0.15) is 25.7 Å². The van der Waals surface area contributed by atoms with Crippen LogP contribution in [-0.2, 0) is 4.74 Å². The minimum absolute atomic E-state index is 0.0711. The van der Waals surface area contributed by atoms with Gasteiger partial charge in [-0.1, -0.05) is 24.0 Å². The van der Waals surface area contributed by atoms with Crippen molar-refractivity contribution >= 4 is 6.09 Å². The van der Waals surface area contributed by atoms with E-state index < -0.39 is 6.09 Å². The highest BCUT2D eigenvalue weighted by Gasteiger charge is 2.18. The summed E-state index contributed by atoms with van der Waals surface area (Å²) in [6.45, 7) is 0.487. The Labute approximate surface area is 130 Å². The van der Waals surface area contributed by atoms with E-state index in [-0.39, 0.29) is 19.3 Å². The number of para-hydroxylation sites is 2. The van der Waals surface area contributed by atoms with Crippen LogP contribution in [0.5, 0.6) is 11.5 Å². The van der Waals surface area contributed by atoms with Gasteiger partial charge in [-0.05, 0) is 37.8 Å². The second-order valence-electron chi connectivity index (χ2n) is 4.96. The molecule has 5 nitrogen and oxygen atoms in total. The predicted molar refractivity (Wildman–Crippen MR) is 83.0 cm³/mol. The maximum atomic E-state index is 11.5. The lowest BCUT2D eigenvalue weighted by Gasteiger charge is -2.10. The topological polar surface area (TPSA) is 56.8 Å². The molecule has 1 aromatic rings. The Bertz CT molecular complexity index is 541. The summed E-state index contributed by atoms with van der Waals surface area (Å²) in [5, 5.41) is 2.62. The van der Waals surface area contributed by atoms with Crippen molar-refractivity contribution in [3.8, 4) is 23.3 Å². The van der Waals surface area contributed by atoms with Gasteiger partial charge in [0.1, 0.15) is 12.7 Å². The summed E-state index contributed by atoms with van der Waals surface area (Å²) < 4.78 is 15.9. The molecule has 0 aromatic heterocycles. The molecule has 0 atom stereocenters. The Hall–Kier alpha value is -2.35. The van der Waals surface area contributed by atoms with Gasteiger partial charge in [-0.3, -0.25) is 0 Å². The smallest absolute Gasteiger partial charge is 0.408 e. The minimum atomic E-state index is -0.396. The molecule has 2 rings (SSSR count). The van der Waals surface area contributed by atoms with E-state index in [4.69, 9.17) is 14.2 Å². The number of ether oxygens (including phenoxy) is 3. The molecule has 22 heavy (non-hydrogen) atoms. The number of benzene rings is 1. The van der Waals surface area contributed by atoms with Crippen LogP contribution in [0.4, 0.5) is 4.79 Å². The van der Waals surface area contributed by atoms with Crippen LogP contribution in [0.15, 0.2) is 24.3 Å². The second-order valence-corrected chi connectivity index (χ2v) is 4.96. The van der Waals surface area contributed by atoms with Crippen molar-refractivity contribution in [2.75, 3.05) is 20.3 Å². The van der Waals surface area contributed by atoms with Crippen molar-refractivity contribution < 1.29 is 19.0 Å². The predicted octanol–water partition coefficient (Wildman–Crippen LogP) is 2.75. The van der Waals surface area contributed by atoms with Gasteiger partial charge in [-0.25, -0.2) is 4.79 Å². The number of methoxy groups -OCH3 is 1. The van der Waals surface area contributed by atoms with Crippen LogP contribution in [-0.4, -0.2) is 32.5 Å². The first-order chi connectivity index (χ1) is 10.8. The lowest BCUT2D eigenvalue weighted by atomic mass is 10.3. The Morgan fingerprint density at radius 3 is 2.68 bits per heavy atom. The monoisotopic (exact) mass is 303 g/mol. The number of hydrogen-bond donors (Lipinski definition) is 1. The van der Waals surface area contributed by atoms with Gasteiger partial charge in [0.25, 0.3) is 0 Å². The average Bonchev–Trinajstić information content (AvgIpc) is 3.04. The van der Waals surface area contributed by atoms with Crippen LogP contribution >= 0.6 is 0 Å². The van der Waals surface area contributed by atoms with Gasteiger partial charge in [0, 0.05) is 0 Å². The third-order valence-corrected chi connectivity index (χ3v) is 3.39. The normalized spacial score (nSPS) is 13.9. The molecule has 1 N–H and O–H groups in total. The van der Waals surface area contributed by atoms with Crippen molar-refractivity contribution in [3.05, 3.63) is 24.3 Å². The molecule has 118 valence electrons. The standard InChI is InChI=1S/C17H21NO4/c1-20-15-10-4-5-11-16(15)21-13-7-6-12-18-17(19)22-14-8-2-3-9-14/h4-5,10-11,14H,2-3,8-9,12-13H2,1H3,(H,18,19). The van der Waals surface area contributed by atoms with Crippen molar-refractivity contribution in [3.63, 3.8) is 0 Å². The zero-order valence-corrected chi connectivity index (χ0v) is 12.8. The lowest BCUT2D eigenvalue weighted by Crippen LogP contribution is -2.28. The zero-order chi connectivity index (χ0) is 15.6. The van der Waals surface area contributed by atoms with E-state index in [2.05, 4.69) is 17.2 Å². The summed E-state index contributed by atoms with van der Waals surface area (Å²) in [5.74, 6) is 6.97. The first-order valence-electron chi connectivity index (χ1n) is 7.45. The number of rotatable bonds is 5. The number of amides is 1. The second kappa shape index (κ2) is 8.83. The van der Waals surface area contributed by atoms with Crippen LogP contribution in [0, 0.1) is 11.8 Å². The molecule has 1 saturated carbocycles. The van der Waals surface area contributed by atoms with E-state index in [0.717, 1.165) is 25.7 Å². The van der Waals surface area contributed by atoms with Crippen molar-refractivity contribution in [2.45, 2.75) is 31.8 Å². The summed E-state index contributed by atoms with van der Waals surface area (Å²) in [4.78, 5) is 11.5. The van der Waals surface area contributed by atoms with Gasteiger partial charge in [0.2, 0.25) is 0 Å². The highest BCUT2D eigenvalue weighted by molar-refractivity contribution is 5.67. The molecule has 0 aliphatic heterocycles. The van der Waals surface area contributed by atoms with Crippen molar-refractivity contribution in [1.82, 2.24) is 5.32 Å². The first-order valence-corrected chi connectivity index (χ1v) is 7.45. The lowest BCUT2D eigenvalue weighted by molar-refractivity contribution is 0.102. The van der Waals surface area contributed by atoms with Crippen LogP contribution < -0.4 is 14.8 Å². The molecule has 1 aliphatic rings. The SMILES string of the molecule is COc1ccccc1OCC#CCNC(=O)OC1CCCC1. The molecule has 1 aromatic carbocycles. The Balaban J connectivity index is 1.63. The maximum absolute atomic E-state index is 11.5. The van der Waals surface area contributed by atoms with Crippen molar-refractivity contribution in [1.29, 1.82) is 0 Å². The molecule has 0 spiro atoms. The first kappa shape index (κ1) is 16.0. The molecule has 0 saturated heterocycles. The van der Waals surface area contributed by atoms with E-state index in [0.29, 0.717) is 11.5 Å². The number of hydrogen-bond acceptors (Lipinski definition) is 4. The van der Waals surface area contributed by atoms with Gasteiger partial charge in [0.05, 0.1) is 13.7 Å². The van der Waals surface area contributed by atoms with Gasteiger partial charge in [-0.15, -0.1) is 0 Å². The van der Waals surface area contributed by atoms with Gasteiger partial charge >= 0.3 is 6.09 Å². The number of nitrogens with one attached hydrogen (secondary N) is 1. The van der Waals surface area contributed by atoms with E-state index in [1.54, 1.807) is 7.11 Å². The van der Waals surface area contributed by atoms with E-state index >= 15 is 0 Å². The molecule has 0 radical (unpaired) electrons. The molecular weight excluding hydrogens is 282 g/mol. The van der Waals surface area contributed by atoms with E-state index in [1.165, 1.54) is 0 Å². The van der Waals surface area contributed by atoms with Gasteiger partial charge < -0.3 is 19.5 Å². The molecule has 0 heterocycles. The molecule has 5 heteroatoms. The fraction of sp³-hybridized carbons (Fsp3) is 0.471. The quantitative estimate of drug-likeness (QED) is 0.850. The molecule has 0 bridgehead atoms. The zero-order valence-electron chi connectivity index (χ0n) is 12.8. The third kappa shape index (κ3) is 5.21. The summed E-state index contributed by atoms with van der Waals surface area (Å²) >= 11 is 0. The van der Waals surface area contributed by atoms with Crippen LogP contribution in [0.3, 0.4) is 0 Å².